The number of nitro groups is 1. The van der Waals surface area contributed by atoms with Gasteiger partial charge in [0.15, 0.2) is 0 Å². The van der Waals surface area contributed by atoms with Gasteiger partial charge in [0.25, 0.3) is 15.9 Å². The Morgan fingerprint density at radius 1 is 1.00 bits per heavy atom. The van der Waals surface area contributed by atoms with Gasteiger partial charge in [0.1, 0.15) is 23.3 Å². The number of benzene rings is 3. The highest BCUT2D eigenvalue weighted by Crippen LogP contribution is 2.47. The van der Waals surface area contributed by atoms with E-state index in [1.165, 1.54) is 29.0 Å². The van der Waals surface area contributed by atoms with E-state index >= 15 is 0 Å². The number of rotatable bonds is 13. The maximum atomic E-state index is 13.9. The van der Waals surface area contributed by atoms with E-state index in [2.05, 4.69) is 50.5 Å². The molecule has 330 valence electrons. The highest BCUT2D eigenvalue weighted by molar-refractivity contribution is 7.90. The lowest BCUT2D eigenvalue weighted by molar-refractivity contribution is -0.389. The summed E-state index contributed by atoms with van der Waals surface area (Å²) in [6.07, 6.45) is 7.59. The average molecular weight is 897 g/mol. The molecule has 1 amide bonds. The number of aromatic amines is 1. The number of hydrogen-bond donors (Lipinski definition) is 3. The standard InChI is InChI=1S/C46H49ClN6O9S/c1-46(2)13-11-30(38(25-46)28-3-5-33(47)6-4-28)27-51-15-17-52(18-16-51)34-7-9-37(43(23-34)60-35-20-29-12-14-48-44(29)49-26-35)45(55)50-63(58,59)36-8-10-41(39(24-36)53(56)57)61-62-42-22-31-19-32(42)21-40(31)54/h3-10,12,14,20,23-24,26,31-32,40,42,54H,11,13,15-19,21-22,25,27H2,1-2H3,(H,48,49)(H,50,55)/t31-,32-,40-,42+/m0/s1. The summed E-state index contributed by atoms with van der Waals surface area (Å²) in [6.45, 7) is 8.55. The highest BCUT2D eigenvalue weighted by Gasteiger charge is 2.47. The van der Waals surface area contributed by atoms with Crippen LogP contribution in [0.2, 0.25) is 5.02 Å². The summed E-state index contributed by atoms with van der Waals surface area (Å²) in [6, 6.07) is 19.8. The first-order valence-corrected chi connectivity index (χ1v) is 23.1. The monoisotopic (exact) mass is 896 g/mol. The molecule has 3 N–H and O–H groups in total. The molecule has 0 unspecified atom stereocenters. The normalized spacial score (nSPS) is 22.4. The SMILES string of the molecule is CC1(C)CCC(CN2CCN(c3ccc(C(=O)NS(=O)(=O)c4ccc(OO[C@@H]5C[C@@H]6C[C@H]5C[C@@H]6O)c([N+](=O)[O-])c4)c(Oc4cnc5[nH]ccc5c4)c3)CC2)=C(c2ccc(Cl)cc2)C1. The highest BCUT2D eigenvalue weighted by atomic mass is 35.5. The number of nitro benzene ring substituents is 1. The molecule has 3 aromatic carbocycles. The summed E-state index contributed by atoms with van der Waals surface area (Å²) in [7, 11) is -4.64. The molecule has 2 saturated carbocycles. The second-order valence-corrected chi connectivity index (χ2v) is 20.0. The number of H-pyrrole nitrogens is 1. The van der Waals surface area contributed by atoms with Crippen LogP contribution in [0, 0.1) is 27.4 Å². The zero-order valence-electron chi connectivity index (χ0n) is 35.0. The molecular formula is C46H49ClN6O9S. The van der Waals surface area contributed by atoms with Crippen molar-refractivity contribution in [3.63, 3.8) is 0 Å². The minimum absolute atomic E-state index is 0.0673. The predicted octanol–water partition coefficient (Wildman–Crippen LogP) is 8.29. The van der Waals surface area contributed by atoms with Crippen molar-refractivity contribution >= 4 is 55.5 Å². The van der Waals surface area contributed by atoms with Crippen LogP contribution in [0.25, 0.3) is 16.6 Å². The molecule has 17 heteroatoms. The van der Waals surface area contributed by atoms with E-state index in [1.54, 1.807) is 24.4 Å². The number of nitrogens with zero attached hydrogens (tertiary/aromatic N) is 4. The van der Waals surface area contributed by atoms with E-state index in [1.807, 2.05) is 18.2 Å². The van der Waals surface area contributed by atoms with Crippen molar-refractivity contribution in [3.05, 3.63) is 117 Å². The number of aromatic nitrogens is 2. The van der Waals surface area contributed by atoms with E-state index in [0.717, 1.165) is 79.6 Å². The van der Waals surface area contributed by atoms with Crippen LogP contribution in [0.15, 0.2) is 95.7 Å². The molecule has 3 heterocycles. The number of pyridine rings is 1. The first-order chi connectivity index (χ1) is 30.2. The second-order valence-electron chi connectivity index (χ2n) is 17.9. The fourth-order valence-corrected chi connectivity index (χ4v) is 10.6. The maximum Gasteiger partial charge on any atom is 0.316 e. The number of fused-ring (bicyclic) bond motifs is 3. The van der Waals surface area contributed by atoms with Crippen molar-refractivity contribution in [2.75, 3.05) is 37.6 Å². The van der Waals surface area contributed by atoms with E-state index in [9.17, 15) is 28.4 Å². The van der Waals surface area contributed by atoms with Gasteiger partial charge in [-0.1, -0.05) is 43.2 Å². The lowest BCUT2D eigenvalue weighted by Gasteiger charge is -2.39. The zero-order valence-corrected chi connectivity index (χ0v) is 36.5. The van der Waals surface area contributed by atoms with Gasteiger partial charge in [0.05, 0.1) is 27.7 Å². The molecule has 9 rings (SSSR count). The van der Waals surface area contributed by atoms with Crippen molar-refractivity contribution < 1.29 is 37.8 Å². The van der Waals surface area contributed by atoms with Crippen LogP contribution in [0.1, 0.15) is 68.3 Å². The molecule has 15 nitrogen and oxygen atoms in total. The minimum atomic E-state index is -4.64. The topological polar surface area (TPSA) is 189 Å². The summed E-state index contributed by atoms with van der Waals surface area (Å²) in [5.41, 5.74) is 5.00. The van der Waals surface area contributed by atoms with E-state index < -0.39 is 37.5 Å². The van der Waals surface area contributed by atoms with E-state index in [4.69, 9.17) is 26.1 Å². The number of sulfonamides is 1. The van der Waals surface area contributed by atoms with Gasteiger partial charge in [-0.25, -0.2) is 18.1 Å². The third-order valence-corrected chi connectivity index (χ3v) is 14.6. The van der Waals surface area contributed by atoms with Gasteiger partial charge in [-0.3, -0.25) is 19.8 Å². The molecule has 3 aliphatic carbocycles. The van der Waals surface area contributed by atoms with Crippen molar-refractivity contribution in [2.45, 2.75) is 69.5 Å². The van der Waals surface area contributed by atoms with Crippen molar-refractivity contribution in [1.29, 1.82) is 0 Å². The fourth-order valence-electron chi connectivity index (χ4n) is 9.52. The molecule has 4 aliphatic rings. The summed E-state index contributed by atoms with van der Waals surface area (Å²) in [4.78, 5) is 47.7. The number of nitrogens with one attached hydrogen (secondary N) is 2. The predicted molar refractivity (Wildman–Crippen MR) is 237 cm³/mol. The third kappa shape index (κ3) is 9.27. The third-order valence-electron chi connectivity index (χ3n) is 13.0. The molecule has 0 radical (unpaired) electrons. The Bertz CT molecular complexity index is 2700. The summed E-state index contributed by atoms with van der Waals surface area (Å²) in [5.74, 6) is -0.699. The van der Waals surface area contributed by atoms with Gasteiger partial charge in [-0.05, 0) is 115 Å². The quantitative estimate of drug-likeness (QED) is 0.0584. The maximum absolute atomic E-state index is 13.9. The molecule has 5 aromatic rings. The molecule has 3 fully saturated rings. The van der Waals surface area contributed by atoms with Gasteiger partial charge < -0.3 is 24.6 Å². The molecule has 2 bridgehead atoms. The van der Waals surface area contributed by atoms with E-state index in [-0.39, 0.29) is 40.4 Å². The molecular weight excluding hydrogens is 848 g/mol. The largest absolute Gasteiger partial charge is 0.455 e. The lowest BCUT2D eigenvalue weighted by Crippen LogP contribution is -2.47. The molecule has 2 aromatic heterocycles. The van der Waals surface area contributed by atoms with Crippen LogP contribution in [0.4, 0.5) is 11.4 Å². The summed E-state index contributed by atoms with van der Waals surface area (Å²) in [5, 5.41) is 23.6. The Morgan fingerprint density at radius 2 is 1.79 bits per heavy atom. The van der Waals surface area contributed by atoms with Gasteiger partial charge in [0.2, 0.25) is 5.75 Å². The molecule has 4 atom stereocenters. The van der Waals surface area contributed by atoms with Gasteiger partial charge in [-0.2, -0.15) is 4.89 Å². The van der Waals surface area contributed by atoms with E-state index in [0.29, 0.717) is 37.3 Å². The van der Waals surface area contributed by atoms with Gasteiger partial charge in [-0.15, -0.1) is 0 Å². The first kappa shape index (κ1) is 42.8. The Morgan fingerprint density at radius 3 is 2.52 bits per heavy atom. The van der Waals surface area contributed by atoms with Crippen molar-refractivity contribution in [3.8, 4) is 17.2 Å². The Kier molecular flexibility index (Phi) is 11.7. The molecule has 1 saturated heterocycles. The van der Waals surface area contributed by atoms with Crippen LogP contribution in [-0.4, -0.2) is 84.2 Å². The fraction of sp³-hybridized carbons (Fsp3) is 0.391. The summed E-state index contributed by atoms with van der Waals surface area (Å²) < 4.78 is 35.7. The number of amides is 1. The number of carbonyl (C=O) groups is 1. The number of piperazine rings is 1. The average Bonchev–Trinajstić information content (AvgIpc) is 4.00. The number of anilines is 1. The van der Waals surface area contributed by atoms with Crippen LogP contribution in [0.3, 0.4) is 0 Å². The number of ether oxygens (including phenoxy) is 1. The van der Waals surface area contributed by atoms with Crippen LogP contribution >= 0.6 is 11.6 Å². The molecule has 0 spiro atoms. The molecule has 63 heavy (non-hydrogen) atoms. The number of hydrogen-bond acceptors (Lipinski definition) is 12. The smallest absolute Gasteiger partial charge is 0.316 e. The Balaban J connectivity index is 0.921. The van der Waals surface area contributed by atoms with Crippen molar-refractivity contribution in [1.82, 2.24) is 19.6 Å². The number of aliphatic hydroxyl groups is 1. The lowest BCUT2D eigenvalue weighted by atomic mass is 9.72. The van der Waals surface area contributed by atoms with Gasteiger partial charge >= 0.3 is 5.69 Å². The number of carbonyl (C=O) groups excluding carboxylic acids is 1. The molecule has 1 aliphatic heterocycles. The summed E-state index contributed by atoms with van der Waals surface area (Å²) >= 11 is 6.24. The number of halogens is 1. The second kappa shape index (κ2) is 17.2. The zero-order chi connectivity index (χ0) is 44.0. The number of aliphatic hydroxyl groups excluding tert-OH is 1. The number of allylic oxidation sites excluding steroid dienone is 1. The van der Waals surface area contributed by atoms with Gasteiger partial charge in [0, 0.05) is 67.1 Å². The van der Waals surface area contributed by atoms with Crippen LogP contribution in [-0.2, 0) is 14.9 Å². The Labute approximate surface area is 370 Å². The minimum Gasteiger partial charge on any atom is -0.455 e. The van der Waals surface area contributed by atoms with Crippen LogP contribution in [0.5, 0.6) is 17.2 Å². The Hall–Kier alpha value is -5.52. The first-order valence-electron chi connectivity index (χ1n) is 21.2. The van der Waals surface area contributed by atoms with Crippen molar-refractivity contribution in [2.24, 2.45) is 17.3 Å². The van der Waals surface area contributed by atoms with Crippen LogP contribution < -0.4 is 19.2 Å².